The molecule has 1 atom stereocenters. The lowest BCUT2D eigenvalue weighted by Crippen LogP contribution is -2.20. The van der Waals surface area contributed by atoms with E-state index in [0.717, 1.165) is 31.2 Å². The molecule has 1 N–H and O–H groups in total. The second-order valence-electron chi connectivity index (χ2n) is 8.52. The molecule has 1 heterocycles. The maximum Gasteiger partial charge on any atom is 0.327 e. The van der Waals surface area contributed by atoms with E-state index in [1.165, 1.54) is 12.5 Å². The Hall–Kier alpha value is -3.41. The van der Waals surface area contributed by atoms with Crippen LogP contribution in [0.3, 0.4) is 0 Å². The number of Topliss-reactive ketones (excluding diaryl/α,β-unsaturated/α-hetero) is 1. The second-order valence-corrected chi connectivity index (χ2v) is 8.52. The largest absolute Gasteiger partial charge is 0.489 e. The molecule has 0 saturated carbocycles. The summed E-state index contributed by atoms with van der Waals surface area (Å²) in [4.78, 5) is 24.4. The lowest BCUT2D eigenvalue weighted by molar-refractivity contribution is -0.140. The molecule has 1 aromatic heterocycles. The van der Waals surface area contributed by atoms with Gasteiger partial charge in [-0.25, -0.2) is 9.18 Å². The maximum absolute atomic E-state index is 13.7. The van der Waals surface area contributed by atoms with Crippen molar-refractivity contribution in [1.29, 1.82) is 0 Å². The Morgan fingerprint density at radius 2 is 1.74 bits per heavy atom. The van der Waals surface area contributed by atoms with Crippen molar-refractivity contribution in [2.75, 3.05) is 0 Å². The van der Waals surface area contributed by atoms with Crippen LogP contribution in [-0.4, -0.2) is 21.4 Å². The molecule has 0 aliphatic heterocycles. The van der Waals surface area contributed by atoms with Crippen LogP contribution in [-0.2, 0) is 17.8 Å². The quantitative estimate of drug-likeness (QED) is 0.215. The van der Waals surface area contributed by atoms with Crippen LogP contribution in [0.2, 0.25) is 0 Å². The average Bonchev–Trinajstić information content (AvgIpc) is 3.32. The molecular formula is C28H32FNO4. The van der Waals surface area contributed by atoms with E-state index < -0.39 is 12.0 Å². The number of ketones is 1. The topological polar surface area (TPSA) is 68.5 Å². The summed E-state index contributed by atoms with van der Waals surface area (Å²) in [6, 6.07) is 14.4. The van der Waals surface area contributed by atoms with Crippen LogP contribution in [0.15, 0.2) is 67.0 Å². The molecule has 3 rings (SSSR count). The van der Waals surface area contributed by atoms with Gasteiger partial charge in [-0.15, -0.1) is 0 Å². The van der Waals surface area contributed by atoms with Crippen molar-refractivity contribution in [1.82, 2.24) is 4.57 Å². The zero-order valence-corrected chi connectivity index (χ0v) is 19.6. The number of aromatic nitrogens is 1. The highest BCUT2D eigenvalue weighted by Gasteiger charge is 2.21. The van der Waals surface area contributed by atoms with Crippen molar-refractivity contribution < 1.29 is 23.8 Å². The number of carbonyl (C=O) groups excluding carboxylic acids is 1. The molecular weight excluding hydrogens is 433 g/mol. The first-order valence-corrected chi connectivity index (χ1v) is 11.9. The van der Waals surface area contributed by atoms with Crippen LogP contribution in [0, 0.1) is 5.82 Å². The van der Waals surface area contributed by atoms with Crippen molar-refractivity contribution in [3.05, 3.63) is 89.5 Å². The molecule has 6 heteroatoms. The number of rotatable bonds is 14. The highest BCUT2D eigenvalue weighted by atomic mass is 19.1. The normalized spacial score (nSPS) is 11.8. The summed E-state index contributed by atoms with van der Waals surface area (Å²) in [5, 5.41) is 9.78. The third kappa shape index (κ3) is 7.30. The molecule has 2 aromatic carbocycles. The number of aliphatic carboxylic acids is 1. The van der Waals surface area contributed by atoms with Crippen molar-refractivity contribution >= 4 is 11.8 Å². The summed E-state index contributed by atoms with van der Waals surface area (Å²) < 4.78 is 21.0. The average molecular weight is 466 g/mol. The number of nitrogens with zero attached hydrogens (tertiary/aromatic N) is 1. The fourth-order valence-corrected chi connectivity index (χ4v) is 3.85. The Kier molecular flexibility index (Phi) is 9.44. The molecule has 1 unspecified atom stereocenters. The number of ether oxygens (including phenoxy) is 1. The van der Waals surface area contributed by atoms with E-state index in [2.05, 4.69) is 6.92 Å². The van der Waals surface area contributed by atoms with Gasteiger partial charge < -0.3 is 14.4 Å². The van der Waals surface area contributed by atoms with Gasteiger partial charge in [-0.05, 0) is 36.2 Å². The van der Waals surface area contributed by atoms with E-state index >= 15 is 0 Å². The van der Waals surface area contributed by atoms with Crippen molar-refractivity contribution in [2.24, 2.45) is 0 Å². The van der Waals surface area contributed by atoms with Gasteiger partial charge in [0.15, 0.2) is 5.78 Å². The molecule has 0 aliphatic carbocycles. The number of carboxylic acids is 1. The van der Waals surface area contributed by atoms with Crippen molar-refractivity contribution in [2.45, 2.75) is 64.5 Å². The first-order valence-electron chi connectivity index (χ1n) is 11.9. The van der Waals surface area contributed by atoms with Gasteiger partial charge in [-0.3, -0.25) is 4.79 Å². The first-order chi connectivity index (χ1) is 16.5. The predicted octanol–water partition coefficient (Wildman–Crippen LogP) is 6.62. The summed E-state index contributed by atoms with van der Waals surface area (Å²) in [6.45, 7) is 2.27. The second kappa shape index (κ2) is 12.7. The van der Waals surface area contributed by atoms with E-state index in [-0.39, 0.29) is 24.6 Å². The van der Waals surface area contributed by atoms with Gasteiger partial charge in [0.25, 0.3) is 0 Å². The SMILES string of the molecule is CCCCCCCC(=O)c1ccn(C(Cc2ccc(OCc3ccccc3F)cc2)C(=O)O)c1. The van der Waals surface area contributed by atoms with Crippen LogP contribution in [0.4, 0.5) is 4.39 Å². The fraction of sp³-hybridized carbons (Fsp3) is 0.357. The third-order valence-corrected chi connectivity index (χ3v) is 5.89. The fourth-order valence-electron chi connectivity index (χ4n) is 3.85. The minimum Gasteiger partial charge on any atom is -0.489 e. The van der Waals surface area contributed by atoms with Crippen LogP contribution < -0.4 is 4.74 Å². The monoisotopic (exact) mass is 465 g/mol. The maximum atomic E-state index is 13.7. The lowest BCUT2D eigenvalue weighted by Gasteiger charge is -2.15. The molecule has 0 amide bonds. The Balaban J connectivity index is 1.57. The number of hydrogen-bond acceptors (Lipinski definition) is 3. The zero-order chi connectivity index (χ0) is 24.3. The molecule has 3 aromatic rings. The van der Waals surface area contributed by atoms with Crippen LogP contribution in [0.5, 0.6) is 5.75 Å². The molecule has 0 radical (unpaired) electrons. The number of hydrogen-bond donors (Lipinski definition) is 1. The van der Waals surface area contributed by atoms with E-state index in [1.54, 1.807) is 65.5 Å². The molecule has 0 fully saturated rings. The Morgan fingerprint density at radius 1 is 1.00 bits per heavy atom. The molecule has 0 saturated heterocycles. The van der Waals surface area contributed by atoms with Gasteiger partial charge in [0.05, 0.1) is 0 Å². The third-order valence-electron chi connectivity index (χ3n) is 5.89. The van der Waals surface area contributed by atoms with Gasteiger partial charge in [0, 0.05) is 36.4 Å². The minimum atomic E-state index is -0.964. The lowest BCUT2D eigenvalue weighted by atomic mass is 10.1. The number of halogens is 1. The molecule has 34 heavy (non-hydrogen) atoms. The van der Waals surface area contributed by atoms with Gasteiger partial charge in [0.1, 0.15) is 24.2 Å². The summed E-state index contributed by atoms with van der Waals surface area (Å²) in [6.07, 6.45) is 9.44. The van der Waals surface area contributed by atoms with Gasteiger partial charge in [-0.2, -0.15) is 0 Å². The summed E-state index contributed by atoms with van der Waals surface area (Å²) in [5.74, 6) is -0.652. The Bertz CT molecular complexity index is 1070. The summed E-state index contributed by atoms with van der Waals surface area (Å²) in [5.41, 5.74) is 1.85. The smallest absolute Gasteiger partial charge is 0.327 e. The van der Waals surface area contributed by atoms with E-state index in [0.29, 0.717) is 23.3 Å². The standard InChI is InChI=1S/C28H32FNO4/c1-2-3-4-5-6-11-27(31)22-16-17-30(19-22)26(28(32)33)18-21-12-14-24(15-13-21)34-20-23-9-7-8-10-25(23)29/h7-10,12-17,19,26H,2-6,11,18,20H2,1H3,(H,32,33). The van der Waals surface area contributed by atoms with Gasteiger partial charge in [0.2, 0.25) is 0 Å². The number of benzene rings is 2. The highest BCUT2D eigenvalue weighted by Crippen LogP contribution is 2.21. The van der Waals surface area contributed by atoms with E-state index in [9.17, 15) is 19.1 Å². The molecule has 0 spiro atoms. The van der Waals surface area contributed by atoms with E-state index in [1.807, 2.05) is 0 Å². The van der Waals surface area contributed by atoms with Crippen LogP contribution in [0.1, 0.15) is 73.0 Å². The molecule has 180 valence electrons. The van der Waals surface area contributed by atoms with Gasteiger partial charge >= 0.3 is 5.97 Å². The molecule has 5 nitrogen and oxygen atoms in total. The van der Waals surface area contributed by atoms with Crippen LogP contribution in [0.25, 0.3) is 0 Å². The summed E-state index contributed by atoms with van der Waals surface area (Å²) >= 11 is 0. The van der Waals surface area contributed by atoms with Crippen LogP contribution >= 0.6 is 0 Å². The van der Waals surface area contributed by atoms with E-state index in [4.69, 9.17) is 4.74 Å². The Morgan fingerprint density at radius 3 is 2.44 bits per heavy atom. The predicted molar refractivity (Wildman–Crippen MR) is 130 cm³/mol. The zero-order valence-electron chi connectivity index (χ0n) is 19.6. The number of carbonyl (C=O) groups is 2. The number of carboxylic acid groups (broad SMARTS) is 1. The van der Waals surface area contributed by atoms with Gasteiger partial charge in [-0.1, -0.05) is 62.9 Å². The first kappa shape index (κ1) is 25.2. The minimum absolute atomic E-state index is 0.0516. The summed E-state index contributed by atoms with van der Waals surface area (Å²) in [7, 11) is 0. The molecule has 0 aliphatic rings. The van der Waals surface area contributed by atoms with Crippen molar-refractivity contribution in [3.8, 4) is 5.75 Å². The highest BCUT2D eigenvalue weighted by molar-refractivity contribution is 5.96. The Labute approximate surface area is 200 Å². The number of unbranched alkanes of at least 4 members (excludes halogenated alkanes) is 4. The van der Waals surface area contributed by atoms with Crippen molar-refractivity contribution in [3.63, 3.8) is 0 Å². The molecule has 0 bridgehead atoms.